The number of nitrogens with one attached hydrogen (secondary N) is 1. The highest BCUT2D eigenvalue weighted by Crippen LogP contribution is 2.11. The van der Waals surface area contributed by atoms with Crippen LogP contribution in [-0.2, 0) is 0 Å². The summed E-state index contributed by atoms with van der Waals surface area (Å²) in [5.41, 5.74) is 0.100. The van der Waals surface area contributed by atoms with Crippen LogP contribution in [0.1, 0.15) is 27.2 Å². The van der Waals surface area contributed by atoms with Crippen LogP contribution in [0.15, 0.2) is 4.99 Å². The van der Waals surface area contributed by atoms with Gasteiger partial charge in [0.05, 0.1) is 11.9 Å². The third-order valence-corrected chi connectivity index (χ3v) is 1.41. The maximum atomic E-state index is 4.26. The summed E-state index contributed by atoms with van der Waals surface area (Å²) in [4.78, 5) is 4.26. The Hall–Kier alpha value is -0.530. The molecule has 0 unspecified atom stereocenters. The first kappa shape index (κ1) is 8.47. The van der Waals surface area contributed by atoms with Crippen molar-refractivity contribution in [3.05, 3.63) is 0 Å². The van der Waals surface area contributed by atoms with Gasteiger partial charge in [0.25, 0.3) is 0 Å². The fourth-order valence-corrected chi connectivity index (χ4v) is 0.331. The van der Waals surface area contributed by atoms with Gasteiger partial charge in [0, 0.05) is 7.05 Å². The lowest BCUT2D eigenvalue weighted by molar-refractivity contribution is 0.505. The lowest BCUT2D eigenvalue weighted by Gasteiger charge is -2.15. The van der Waals surface area contributed by atoms with Crippen molar-refractivity contribution in [2.24, 2.45) is 4.99 Å². The Bertz CT molecular complexity index is 95.1. The molecule has 0 aliphatic rings. The fraction of sp³-hybridized carbons (Fsp3) is 0.857. The number of hydrogen-bond acceptors (Lipinski definition) is 1. The number of aliphatic imine (C=N–C) groups is 1. The molecule has 9 heavy (non-hydrogen) atoms. The van der Waals surface area contributed by atoms with Crippen molar-refractivity contribution in [2.45, 2.75) is 32.7 Å². The summed E-state index contributed by atoms with van der Waals surface area (Å²) in [6, 6.07) is 0. The first-order chi connectivity index (χ1) is 4.12. The first-order valence-electron chi connectivity index (χ1n) is 3.33. The van der Waals surface area contributed by atoms with Gasteiger partial charge >= 0.3 is 0 Å². The zero-order chi connectivity index (χ0) is 7.33. The third-order valence-electron chi connectivity index (χ3n) is 1.41. The van der Waals surface area contributed by atoms with Gasteiger partial charge in [-0.15, -0.1) is 0 Å². The molecule has 0 saturated heterocycles. The van der Waals surface area contributed by atoms with E-state index in [2.05, 4.69) is 31.1 Å². The molecule has 0 bridgehead atoms. The highest BCUT2D eigenvalue weighted by molar-refractivity contribution is 5.54. The third kappa shape index (κ3) is 4.01. The first-order valence-corrected chi connectivity index (χ1v) is 3.33. The molecule has 0 saturated carbocycles. The lowest BCUT2D eigenvalue weighted by atomic mass is 10.0. The monoisotopic (exact) mass is 128 g/mol. The molecule has 0 spiro atoms. The quantitative estimate of drug-likeness (QED) is 0.451. The molecular formula is C7H16N2. The zero-order valence-electron chi connectivity index (χ0n) is 6.73. The van der Waals surface area contributed by atoms with E-state index in [-0.39, 0.29) is 5.54 Å². The van der Waals surface area contributed by atoms with Crippen LogP contribution in [0.4, 0.5) is 0 Å². The minimum absolute atomic E-state index is 0.100. The van der Waals surface area contributed by atoms with Gasteiger partial charge in [-0.05, 0) is 20.3 Å². The van der Waals surface area contributed by atoms with Gasteiger partial charge in [0.2, 0.25) is 0 Å². The van der Waals surface area contributed by atoms with Gasteiger partial charge in [-0.3, -0.25) is 4.99 Å². The van der Waals surface area contributed by atoms with Crippen LogP contribution >= 0.6 is 0 Å². The maximum absolute atomic E-state index is 4.26. The molecule has 0 aromatic rings. The van der Waals surface area contributed by atoms with Gasteiger partial charge in [-0.2, -0.15) is 0 Å². The molecule has 0 rings (SSSR count). The Labute approximate surface area is 57.4 Å². The van der Waals surface area contributed by atoms with E-state index in [0.29, 0.717) is 0 Å². The van der Waals surface area contributed by atoms with Crippen LogP contribution in [0.2, 0.25) is 0 Å². The van der Waals surface area contributed by atoms with E-state index in [1.54, 1.807) is 6.34 Å². The average molecular weight is 128 g/mol. The van der Waals surface area contributed by atoms with Crippen LogP contribution in [-0.4, -0.2) is 18.9 Å². The van der Waals surface area contributed by atoms with Crippen LogP contribution in [0.5, 0.6) is 0 Å². The van der Waals surface area contributed by atoms with Crippen molar-refractivity contribution in [1.29, 1.82) is 0 Å². The standard InChI is InChI=1S/C7H16N2/c1-5-7(2,3)9-6-8-4/h6H,5H2,1-4H3,(H,8,9). The van der Waals surface area contributed by atoms with Crippen molar-refractivity contribution in [3.63, 3.8) is 0 Å². The van der Waals surface area contributed by atoms with Gasteiger partial charge in [-0.25, -0.2) is 0 Å². The average Bonchev–Trinajstić information content (AvgIpc) is 1.84. The smallest absolute Gasteiger partial charge is 0.0827 e. The summed E-state index contributed by atoms with van der Waals surface area (Å²) >= 11 is 0. The maximum Gasteiger partial charge on any atom is 0.0827 e. The molecule has 0 fully saturated rings. The van der Waals surface area contributed by atoms with Gasteiger partial charge in [0.1, 0.15) is 0 Å². The molecule has 0 heterocycles. The molecule has 2 heteroatoms. The highest BCUT2D eigenvalue weighted by atomic mass is 14.9. The summed E-state index contributed by atoms with van der Waals surface area (Å²) in [5, 5.41) is 2.87. The van der Waals surface area contributed by atoms with Crippen molar-refractivity contribution in [3.8, 4) is 0 Å². The second-order valence-corrected chi connectivity index (χ2v) is 2.71. The molecule has 54 valence electrons. The summed E-state index contributed by atoms with van der Waals surface area (Å²) in [6.07, 6.45) is 2.81. The molecule has 0 aliphatic carbocycles. The molecule has 0 atom stereocenters. The molecule has 0 aromatic heterocycles. The van der Waals surface area contributed by atoms with Crippen molar-refractivity contribution < 1.29 is 0 Å². The Morgan fingerprint density at radius 3 is 2.44 bits per heavy atom. The predicted octanol–water partition coefficient (Wildman–Crippen LogP) is 1.42. The molecule has 0 aromatic carbocycles. The van der Waals surface area contributed by atoms with Crippen LogP contribution in [0, 0.1) is 0 Å². The number of hydrogen-bond donors (Lipinski definition) is 1. The normalized spacial score (nSPS) is 12.4. The summed E-state index contributed by atoms with van der Waals surface area (Å²) in [7, 11) is 1.86. The SMILES string of the molecule is CCC(C)(C)/N=C\NC. The van der Waals surface area contributed by atoms with Gasteiger partial charge < -0.3 is 5.32 Å². The Balaban J connectivity index is 3.70. The van der Waals surface area contributed by atoms with Crippen molar-refractivity contribution in [1.82, 2.24) is 5.32 Å². The van der Waals surface area contributed by atoms with E-state index in [1.165, 1.54) is 0 Å². The molecule has 2 nitrogen and oxygen atoms in total. The predicted molar refractivity (Wildman–Crippen MR) is 41.9 cm³/mol. The highest BCUT2D eigenvalue weighted by Gasteiger charge is 2.09. The Morgan fingerprint density at radius 2 is 2.11 bits per heavy atom. The number of nitrogens with zero attached hydrogens (tertiary/aromatic N) is 1. The van der Waals surface area contributed by atoms with Crippen molar-refractivity contribution in [2.75, 3.05) is 7.05 Å². The van der Waals surface area contributed by atoms with Gasteiger partial charge in [0.15, 0.2) is 0 Å². The van der Waals surface area contributed by atoms with Gasteiger partial charge in [-0.1, -0.05) is 6.92 Å². The minimum atomic E-state index is 0.100. The van der Waals surface area contributed by atoms with E-state index in [9.17, 15) is 0 Å². The summed E-state index contributed by atoms with van der Waals surface area (Å²) in [6.45, 7) is 6.36. The molecular weight excluding hydrogens is 112 g/mol. The van der Waals surface area contributed by atoms with E-state index in [4.69, 9.17) is 0 Å². The van der Waals surface area contributed by atoms with Crippen LogP contribution in [0.25, 0.3) is 0 Å². The molecule has 0 radical (unpaired) electrons. The topological polar surface area (TPSA) is 24.4 Å². The minimum Gasteiger partial charge on any atom is -0.379 e. The fourth-order valence-electron chi connectivity index (χ4n) is 0.331. The molecule has 1 N–H and O–H groups in total. The second kappa shape index (κ2) is 3.49. The van der Waals surface area contributed by atoms with E-state index < -0.39 is 0 Å². The lowest BCUT2D eigenvalue weighted by Crippen LogP contribution is -2.17. The molecule has 0 aliphatic heterocycles. The summed E-state index contributed by atoms with van der Waals surface area (Å²) < 4.78 is 0. The zero-order valence-corrected chi connectivity index (χ0v) is 6.73. The second-order valence-electron chi connectivity index (χ2n) is 2.71. The Kier molecular flexibility index (Phi) is 3.28. The summed E-state index contributed by atoms with van der Waals surface area (Å²) in [5.74, 6) is 0. The van der Waals surface area contributed by atoms with Crippen LogP contribution in [0.3, 0.4) is 0 Å². The van der Waals surface area contributed by atoms with Crippen molar-refractivity contribution >= 4 is 6.34 Å². The van der Waals surface area contributed by atoms with E-state index in [0.717, 1.165) is 6.42 Å². The Morgan fingerprint density at radius 1 is 1.56 bits per heavy atom. The van der Waals surface area contributed by atoms with Crippen LogP contribution < -0.4 is 5.32 Å². The van der Waals surface area contributed by atoms with E-state index in [1.807, 2.05) is 7.05 Å². The largest absolute Gasteiger partial charge is 0.379 e. The number of rotatable bonds is 3. The molecule has 0 amide bonds. The van der Waals surface area contributed by atoms with E-state index >= 15 is 0 Å².